The first kappa shape index (κ1) is 11.5. The van der Waals surface area contributed by atoms with Gasteiger partial charge in [-0.05, 0) is 31.4 Å². The molecule has 4 nitrogen and oxygen atoms in total. The molecule has 3 rings (SSSR count). The molecule has 0 spiro atoms. The van der Waals surface area contributed by atoms with Gasteiger partial charge >= 0.3 is 0 Å². The van der Waals surface area contributed by atoms with E-state index in [1.807, 2.05) is 12.1 Å². The summed E-state index contributed by atoms with van der Waals surface area (Å²) in [6.45, 7) is 0. The van der Waals surface area contributed by atoms with Crippen LogP contribution in [0.15, 0.2) is 22.8 Å². The minimum atomic E-state index is -0.00109. The number of amides is 1. The number of carbonyl (C=O) groups excluding carboxylic acids is 1. The molecule has 18 heavy (non-hydrogen) atoms. The van der Waals surface area contributed by atoms with Crippen LogP contribution >= 0.6 is 11.3 Å². The third kappa shape index (κ3) is 2.46. The van der Waals surface area contributed by atoms with Gasteiger partial charge in [0.1, 0.15) is 5.76 Å². The average molecular weight is 262 g/mol. The normalized spacial score (nSPS) is 13.6. The molecular formula is C13H14N2O2S. The minimum absolute atomic E-state index is 0.00109. The van der Waals surface area contributed by atoms with Crippen molar-refractivity contribution in [3.8, 4) is 0 Å². The summed E-state index contributed by atoms with van der Waals surface area (Å²) >= 11 is 1.61. The van der Waals surface area contributed by atoms with Crippen LogP contribution in [0.1, 0.15) is 29.2 Å². The van der Waals surface area contributed by atoms with Gasteiger partial charge in [0.05, 0.1) is 12.0 Å². The van der Waals surface area contributed by atoms with Crippen LogP contribution in [0.3, 0.4) is 0 Å². The van der Waals surface area contributed by atoms with Gasteiger partial charge < -0.3 is 9.73 Å². The molecular weight excluding hydrogens is 248 g/mol. The largest absolute Gasteiger partial charge is 0.469 e. The third-order valence-electron chi connectivity index (χ3n) is 3.02. The van der Waals surface area contributed by atoms with Gasteiger partial charge in [0.25, 0.3) is 0 Å². The molecule has 0 bridgehead atoms. The van der Waals surface area contributed by atoms with Gasteiger partial charge in [0.2, 0.25) is 5.91 Å². The molecule has 1 aliphatic carbocycles. The molecule has 2 aromatic rings. The maximum absolute atomic E-state index is 11.7. The first-order valence-corrected chi connectivity index (χ1v) is 6.94. The molecule has 0 radical (unpaired) electrons. The van der Waals surface area contributed by atoms with Crippen molar-refractivity contribution in [2.75, 3.05) is 5.32 Å². The molecule has 1 N–H and O–H groups in total. The Labute approximate surface area is 109 Å². The maximum Gasteiger partial charge on any atom is 0.226 e. The number of rotatable bonds is 4. The van der Waals surface area contributed by atoms with Crippen molar-refractivity contribution in [3.63, 3.8) is 0 Å². The zero-order valence-electron chi connectivity index (χ0n) is 9.94. The number of hydrogen-bond donors (Lipinski definition) is 1. The van der Waals surface area contributed by atoms with Crippen LogP contribution in [0.5, 0.6) is 0 Å². The number of carbonyl (C=O) groups is 1. The van der Waals surface area contributed by atoms with Gasteiger partial charge in [-0.3, -0.25) is 4.79 Å². The molecule has 0 unspecified atom stereocenters. The van der Waals surface area contributed by atoms with Crippen molar-refractivity contribution in [1.29, 1.82) is 0 Å². The zero-order chi connectivity index (χ0) is 12.4. The summed E-state index contributed by atoms with van der Waals surface area (Å²) in [5.74, 6) is 0.839. The SMILES string of the molecule is O=C(CCc1ccco1)Nc1nc2c(s1)CCC2. The molecule has 1 aliphatic rings. The van der Waals surface area contributed by atoms with E-state index >= 15 is 0 Å². The fourth-order valence-corrected chi connectivity index (χ4v) is 3.18. The Morgan fingerprint density at radius 1 is 1.50 bits per heavy atom. The van der Waals surface area contributed by atoms with Gasteiger partial charge in [-0.25, -0.2) is 4.98 Å². The van der Waals surface area contributed by atoms with E-state index in [0.29, 0.717) is 12.8 Å². The molecule has 2 heterocycles. The first-order valence-electron chi connectivity index (χ1n) is 6.12. The van der Waals surface area contributed by atoms with Gasteiger partial charge in [0, 0.05) is 17.7 Å². The van der Waals surface area contributed by atoms with Gasteiger partial charge in [0.15, 0.2) is 5.13 Å². The van der Waals surface area contributed by atoms with Crippen LogP contribution in [-0.2, 0) is 24.1 Å². The second-order valence-corrected chi connectivity index (χ2v) is 5.45. The Morgan fingerprint density at radius 2 is 2.44 bits per heavy atom. The second-order valence-electron chi connectivity index (χ2n) is 4.37. The fourth-order valence-electron chi connectivity index (χ4n) is 2.12. The number of aromatic nitrogens is 1. The molecule has 0 saturated carbocycles. The lowest BCUT2D eigenvalue weighted by Gasteiger charge is -2.00. The van der Waals surface area contributed by atoms with E-state index in [0.717, 1.165) is 23.7 Å². The summed E-state index contributed by atoms with van der Waals surface area (Å²) in [6.07, 6.45) is 6.03. The predicted molar refractivity (Wildman–Crippen MR) is 69.8 cm³/mol. The monoisotopic (exact) mass is 262 g/mol. The van der Waals surface area contributed by atoms with Crippen molar-refractivity contribution in [2.24, 2.45) is 0 Å². The molecule has 1 amide bonds. The third-order valence-corrected chi connectivity index (χ3v) is 4.09. The number of fused-ring (bicyclic) bond motifs is 1. The lowest BCUT2D eigenvalue weighted by molar-refractivity contribution is -0.116. The summed E-state index contributed by atoms with van der Waals surface area (Å²) < 4.78 is 5.19. The van der Waals surface area contributed by atoms with E-state index in [9.17, 15) is 4.79 Å². The number of nitrogens with one attached hydrogen (secondary N) is 1. The highest BCUT2D eigenvalue weighted by Gasteiger charge is 2.17. The Balaban J connectivity index is 1.54. The van der Waals surface area contributed by atoms with E-state index in [2.05, 4.69) is 10.3 Å². The van der Waals surface area contributed by atoms with E-state index < -0.39 is 0 Å². The fraction of sp³-hybridized carbons (Fsp3) is 0.385. The van der Waals surface area contributed by atoms with Gasteiger partial charge in [-0.1, -0.05) is 0 Å². The van der Waals surface area contributed by atoms with Crippen LogP contribution in [0, 0.1) is 0 Å². The van der Waals surface area contributed by atoms with Crippen molar-refractivity contribution >= 4 is 22.4 Å². The first-order chi connectivity index (χ1) is 8.81. The molecule has 0 aliphatic heterocycles. The van der Waals surface area contributed by atoms with E-state index in [4.69, 9.17) is 4.42 Å². The maximum atomic E-state index is 11.7. The van der Waals surface area contributed by atoms with E-state index in [1.54, 1.807) is 17.6 Å². The van der Waals surface area contributed by atoms with Gasteiger partial charge in [-0.15, -0.1) is 11.3 Å². The minimum Gasteiger partial charge on any atom is -0.469 e. The highest BCUT2D eigenvalue weighted by molar-refractivity contribution is 7.15. The van der Waals surface area contributed by atoms with Crippen molar-refractivity contribution in [2.45, 2.75) is 32.1 Å². The summed E-state index contributed by atoms with van der Waals surface area (Å²) in [5, 5.41) is 3.60. The number of furan rings is 1. The molecule has 5 heteroatoms. The topological polar surface area (TPSA) is 55.1 Å². The molecule has 0 saturated heterocycles. The van der Waals surface area contributed by atoms with Crippen LogP contribution in [0.25, 0.3) is 0 Å². The Bertz CT molecular complexity index is 524. The number of anilines is 1. The standard InChI is InChI=1S/C13H14N2O2S/c16-12(7-6-9-3-2-8-17-9)15-13-14-10-4-1-5-11(10)18-13/h2-3,8H,1,4-7H2,(H,14,15,16). The molecule has 94 valence electrons. The second kappa shape index (κ2) is 4.94. The highest BCUT2D eigenvalue weighted by atomic mass is 32.1. The molecule has 0 fully saturated rings. The van der Waals surface area contributed by atoms with Gasteiger partial charge in [-0.2, -0.15) is 0 Å². The molecule has 0 atom stereocenters. The van der Waals surface area contributed by atoms with E-state index in [-0.39, 0.29) is 5.91 Å². The number of nitrogens with zero attached hydrogens (tertiary/aromatic N) is 1. The van der Waals surface area contributed by atoms with Crippen LogP contribution in [-0.4, -0.2) is 10.9 Å². The summed E-state index contributed by atoms with van der Waals surface area (Å²) in [4.78, 5) is 17.5. The summed E-state index contributed by atoms with van der Waals surface area (Å²) in [7, 11) is 0. The molecule has 0 aromatic carbocycles. The number of aryl methyl sites for hydroxylation is 3. The Morgan fingerprint density at radius 3 is 3.22 bits per heavy atom. The average Bonchev–Trinajstić information content (AvgIpc) is 3.01. The quantitative estimate of drug-likeness (QED) is 0.921. The smallest absolute Gasteiger partial charge is 0.226 e. The Kier molecular flexibility index (Phi) is 3.15. The Hall–Kier alpha value is -1.62. The van der Waals surface area contributed by atoms with Crippen LogP contribution in [0.4, 0.5) is 5.13 Å². The lowest BCUT2D eigenvalue weighted by Crippen LogP contribution is -2.12. The van der Waals surface area contributed by atoms with Crippen LogP contribution < -0.4 is 5.32 Å². The number of thiazole rings is 1. The summed E-state index contributed by atoms with van der Waals surface area (Å²) in [5.41, 5.74) is 1.17. The van der Waals surface area contributed by atoms with Crippen molar-refractivity contribution in [3.05, 3.63) is 34.7 Å². The zero-order valence-corrected chi connectivity index (χ0v) is 10.8. The van der Waals surface area contributed by atoms with Crippen molar-refractivity contribution in [1.82, 2.24) is 4.98 Å². The molecule has 2 aromatic heterocycles. The predicted octanol–water partition coefficient (Wildman–Crippen LogP) is 2.80. The lowest BCUT2D eigenvalue weighted by atomic mass is 10.2. The van der Waals surface area contributed by atoms with E-state index in [1.165, 1.54) is 17.0 Å². The highest BCUT2D eigenvalue weighted by Crippen LogP contribution is 2.30. The number of hydrogen-bond acceptors (Lipinski definition) is 4. The summed E-state index contributed by atoms with van der Waals surface area (Å²) in [6, 6.07) is 3.71. The van der Waals surface area contributed by atoms with Crippen LogP contribution in [0.2, 0.25) is 0 Å². The van der Waals surface area contributed by atoms with Crippen molar-refractivity contribution < 1.29 is 9.21 Å².